The Morgan fingerprint density at radius 3 is 2.40 bits per heavy atom. The van der Waals surface area contributed by atoms with E-state index in [1.165, 1.54) is 16.7 Å². The highest BCUT2D eigenvalue weighted by molar-refractivity contribution is 5.31. The zero-order valence-electron chi connectivity index (χ0n) is 14.0. The Morgan fingerprint density at radius 2 is 1.85 bits per heavy atom. The molecule has 2 heteroatoms. The van der Waals surface area contributed by atoms with E-state index in [1.807, 2.05) is 0 Å². The van der Waals surface area contributed by atoms with Crippen LogP contribution in [0.3, 0.4) is 0 Å². The first-order chi connectivity index (χ1) is 9.33. The van der Waals surface area contributed by atoms with Gasteiger partial charge in [0.05, 0.1) is 12.6 Å². The lowest BCUT2D eigenvalue weighted by atomic mass is 9.93. The van der Waals surface area contributed by atoms with E-state index in [1.54, 1.807) is 0 Å². The molecule has 0 aromatic heterocycles. The molecule has 1 unspecified atom stereocenters. The summed E-state index contributed by atoms with van der Waals surface area (Å²) in [6.07, 6.45) is 1.10. The van der Waals surface area contributed by atoms with Crippen LogP contribution in [0.1, 0.15) is 56.8 Å². The molecule has 0 fully saturated rings. The Bertz CT molecular complexity index is 406. The lowest BCUT2D eigenvalue weighted by Gasteiger charge is -2.22. The lowest BCUT2D eigenvalue weighted by Crippen LogP contribution is -2.26. The second-order valence-corrected chi connectivity index (χ2v) is 6.84. The normalized spacial score (nSPS) is 13.5. The molecule has 0 aliphatic rings. The first-order valence-corrected chi connectivity index (χ1v) is 7.72. The molecule has 1 aromatic carbocycles. The largest absolute Gasteiger partial charge is 0.379 e. The van der Waals surface area contributed by atoms with Gasteiger partial charge in [0.1, 0.15) is 0 Å². The molecule has 0 bridgehead atoms. The van der Waals surface area contributed by atoms with Crippen LogP contribution in [0.25, 0.3) is 0 Å². The van der Waals surface area contributed by atoms with Crippen LogP contribution in [0.15, 0.2) is 18.2 Å². The molecule has 2 nitrogen and oxygen atoms in total. The van der Waals surface area contributed by atoms with Crippen LogP contribution in [-0.4, -0.2) is 19.8 Å². The monoisotopic (exact) mass is 277 g/mol. The fraction of sp³-hybridized carbons (Fsp3) is 0.667. The van der Waals surface area contributed by atoms with E-state index >= 15 is 0 Å². The van der Waals surface area contributed by atoms with Gasteiger partial charge >= 0.3 is 0 Å². The number of aryl methyl sites for hydroxylation is 2. The average molecular weight is 277 g/mol. The van der Waals surface area contributed by atoms with Crippen LogP contribution < -0.4 is 5.32 Å². The number of likely N-dealkylation sites (N-methyl/N-ethyl adjacent to an activating group) is 1. The molecule has 0 spiro atoms. The first-order valence-electron chi connectivity index (χ1n) is 7.72. The van der Waals surface area contributed by atoms with Gasteiger partial charge in [-0.15, -0.1) is 0 Å². The number of nitrogens with one attached hydrogen (secondary N) is 1. The van der Waals surface area contributed by atoms with Gasteiger partial charge in [-0.2, -0.15) is 0 Å². The van der Waals surface area contributed by atoms with Crippen LogP contribution in [0.5, 0.6) is 0 Å². The van der Waals surface area contributed by atoms with Crippen molar-refractivity contribution in [3.05, 3.63) is 34.9 Å². The molecule has 20 heavy (non-hydrogen) atoms. The van der Waals surface area contributed by atoms with Crippen molar-refractivity contribution in [1.29, 1.82) is 0 Å². The highest BCUT2D eigenvalue weighted by Gasteiger charge is 2.13. The predicted molar refractivity (Wildman–Crippen MR) is 87.2 cm³/mol. The van der Waals surface area contributed by atoms with Gasteiger partial charge in [-0.1, -0.05) is 45.9 Å². The number of hydrogen-bond donors (Lipinski definition) is 1. The first kappa shape index (κ1) is 17.2. The summed E-state index contributed by atoms with van der Waals surface area (Å²) >= 11 is 0. The topological polar surface area (TPSA) is 21.3 Å². The highest BCUT2D eigenvalue weighted by Crippen LogP contribution is 2.20. The third-order valence-electron chi connectivity index (χ3n) is 3.66. The molecule has 1 aromatic rings. The van der Waals surface area contributed by atoms with Crippen LogP contribution in [0.2, 0.25) is 0 Å². The Hall–Kier alpha value is -0.860. The summed E-state index contributed by atoms with van der Waals surface area (Å²) in [4.78, 5) is 0. The number of ether oxygens (including phenoxy) is 1. The standard InChI is InChI=1S/C18H31NO/c1-7-19-17(13-20-11-10-18(4,5)6)16-9-8-14(2)15(3)12-16/h8-9,12,17,19H,7,10-11,13H2,1-6H3. The summed E-state index contributed by atoms with van der Waals surface area (Å²) in [6, 6.07) is 6.97. The van der Waals surface area contributed by atoms with Crippen molar-refractivity contribution in [3.63, 3.8) is 0 Å². The van der Waals surface area contributed by atoms with Crippen molar-refractivity contribution in [2.45, 2.75) is 54.0 Å². The summed E-state index contributed by atoms with van der Waals surface area (Å²) in [5.74, 6) is 0. The third-order valence-corrected chi connectivity index (χ3v) is 3.66. The number of benzene rings is 1. The third kappa shape index (κ3) is 6.06. The molecule has 0 saturated carbocycles. The van der Waals surface area contributed by atoms with Gasteiger partial charge in [-0.25, -0.2) is 0 Å². The summed E-state index contributed by atoms with van der Waals surface area (Å²) in [6.45, 7) is 15.7. The summed E-state index contributed by atoms with van der Waals surface area (Å²) in [7, 11) is 0. The van der Waals surface area contributed by atoms with E-state index in [0.717, 1.165) is 26.2 Å². The molecule has 1 N–H and O–H groups in total. The SMILES string of the molecule is CCNC(COCCC(C)(C)C)c1ccc(C)c(C)c1. The molecular formula is C18H31NO. The van der Waals surface area contributed by atoms with Crippen molar-refractivity contribution in [2.24, 2.45) is 5.41 Å². The minimum Gasteiger partial charge on any atom is -0.379 e. The van der Waals surface area contributed by atoms with Crippen molar-refractivity contribution in [1.82, 2.24) is 5.32 Å². The number of rotatable bonds is 7. The molecular weight excluding hydrogens is 246 g/mol. The predicted octanol–water partition coefficient (Wildman–Crippen LogP) is 4.41. The van der Waals surface area contributed by atoms with E-state index < -0.39 is 0 Å². The quantitative estimate of drug-likeness (QED) is 0.746. The van der Waals surface area contributed by atoms with Gasteiger partial charge in [0.15, 0.2) is 0 Å². The van der Waals surface area contributed by atoms with Crippen LogP contribution in [0.4, 0.5) is 0 Å². The minimum absolute atomic E-state index is 0.291. The second-order valence-electron chi connectivity index (χ2n) is 6.84. The fourth-order valence-corrected chi connectivity index (χ4v) is 2.08. The van der Waals surface area contributed by atoms with E-state index in [0.29, 0.717) is 11.5 Å². The molecule has 0 radical (unpaired) electrons. The van der Waals surface area contributed by atoms with E-state index in [-0.39, 0.29) is 0 Å². The van der Waals surface area contributed by atoms with Gasteiger partial charge in [0.2, 0.25) is 0 Å². The van der Waals surface area contributed by atoms with E-state index in [9.17, 15) is 0 Å². The molecule has 0 amide bonds. The molecule has 0 aliphatic heterocycles. The lowest BCUT2D eigenvalue weighted by molar-refractivity contribution is 0.0901. The van der Waals surface area contributed by atoms with E-state index in [2.05, 4.69) is 65.1 Å². The maximum absolute atomic E-state index is 5.89. The molecule has 0 aliphatic carbocycles. The van der Waals surface area contributed by atoms with Gasteiger partial charge in [-0.3, -0.25) is 0 Å². The Balaban J connectivity index is 2.57. The maximum Gasteiger partial charge on any atom is 0.0661 e. The summed E-state index contributed by atoms with van der Waals surface area (Å²) in [5, 5.41) is 3.52. The van der Waals surface area contributed by atoms with Crippen molar-refractivity contribution in [3.8, 4) is 0 Å². The van der Waals surface area contributed by atoms with Gasteiger partial charge < -0.3 is 10.1 Å². The molecule has 0 heterocycles. The molecule has 0 saturated heterocycles. The Kier molecular flexibility index (Phi) is 6.70. The minimum atomic E-state index is 0.291. The van der Waals surface area contributed by atoms with Crippen LogP contribution in [-0.2, 0) is 4.74 Å². The van der Waals surface area contributed by atoms with E-state index in [4.69, 9.17) is 4.74 Å². The molecule has 1 atom stereocenters. The zero-order chi connectivity index (χ0) is 15.2. The smallest absolute Gasteiger partial charge is 0.0661 e. The highest BCUT2D eigenvalue weighted by atomic mass is 16.5. The van der Waals surface area contributed by atoms with Crippen molar-refractivity contribution >= 4 is 0 Å². The Labute approximate surface area is 124 Å². The zero-order valence-corrected chi connectivity index (χ0v) is 14.0. The van der Waals surface area contributed by atoms with Gasteiger partial charge in [-0.05, 0) is 48.9 Å². The second kappa shape index (κ2) is 7.80. The summed E-state index contributed by atoms with van der Waals surface area (Å²) < 4.78 is 5.89. The summed E-state index contributed by atoms with van der Waals surface area (Å²) in [5.41, 5.74) is 4.36. The van der Waals surface area contributed by atoms with Gasteiger partial charge in [0, 0.05) is 6.61 Å². The van der Waals surface area contributed by atoms with Gasteiger partial charge in [0.25, 0.3) is 0 Å². The Morgan fingerprint density at radius 1 is 1.15 bits per heavy atom. The van der Waals surface area contributed by atoms with Crippen LogP contribution in [0, 0.1) is 19.3 Å². The maximum atomic E-state index is 5.89. The van der Waals surface area contributed by atoms with Crippen molar-refractivity contribution in [2.75, 3.05) is 19.8 Å². The van der Waals surface area contributed by atoms with Crippen LogP contribution >= 0.6 is 0 Å². The fourth-order valence-electron chi connectivity index (χ4n) is 2.08. The molecule has 114 valence electrons. The average Bonchev–Trinajstić information content (AvgIpc) is 2.35. The molecule has 1 rings (SSSR count). The van der Waals surface area contributed by atoms with Crippen molar-refractivity contribution < 1.29 is 4.74 Å². The number of hydrogen-bond acceptors (Lipinski definition) is 2.